The van der Waals surface area contributed by atoms with Crippen molar-refractivity contribution in [3.8, 4) is 90.4 Å². The number of benzene rings is 8. The Morgan fingerprint density at radius 1 is 0.427 bits per heavy atom. The van der Waals surface area contributed by atoms with Gasteiger partial charge in [0.05, 0.1) is 20.4 Å². The third kappa shape index (κ3) is 10.9. The molecule has 0 unspecified atom stereocenters. The highest BCUT2D eigenvalue weighted by Crippen LogP contribution is 2.45. The Balaban J connectivity index is 0.000000154. The fraction of sp³-hybridized carbons (Fsp3) is 0.118. The zero-order valence-electron chi connectivity index (χ0n) is 45.6. The van der Waals surface area contributed by atoms with E-state index < -0.39 is 0 Å². The van der Waals surface area contributed by atoms with Crippen LogP contribution in [0.1, 0.15) is 52.7 Å². The van der Waals surface area contributed by atoms with Crippen LogP contribution in [0.4, 0.5) is 0 Å². The van der Waals surface area contributed by atoms with Gasteiger partial charge in [-0.05, 0) is 188 Å². The number of aromatic nitrogens is 4. The molecule has 0 bridgehead atoms. The number of ether oxygens (including phenoxy) is 6. The van der Waals surface area contributed by atoms with E-state index in [1.165, 1.54) is 9.40 Å². The molecule has 0 N–H and O–H groups in total. The van der Waals surface area contributed by atoms with Gasteiger partial charge in [-0.1, -0.05) is 84.0 Å². The highest BCUT2D eigenvalue weighted by molar-refractivity contribution is 9.10. The number of fused-ring (bicyclic) bond motifs is 6. The monoisotopic (exact) mass is 1170 g/mol. The van der Waals surface area contributed by atoms with E-state index in [2.05, 4.69) is 134 Å². The molecule has 14 heteroatoms. The summed E-state index contributed by atoms with van der Waals surface area (Å²) in [6, 6.07) is 64.0. The number of para-hydroxylation sites is 2. The minimum absolute atomic E-state index is 0.0641. The second-order valence-electron chi connectivity index (χ2n) is 22.0. The Hall–Kier alpha value is -8.82. The Bertz CT molecular complexity index is 4240. The number of thiazole rings is 2. The van der Waals surface area contributed by atoms with E-state index in [1.54, 1.807) is 35.1 Å². The first-order chi connectivity index (χ1) is 39.7. The van der Waals surface area contributed by atoms with Crippen molar-refractivity contribution in [2.45, 2.75) is 52.4 Å². The van der Waals surface area contributed by atoms with Gasteiger partial charge in [0.15, 0.2) is 0 Å². The molecule has 0 atom stereocenters. The van der Waals surface area contributed by atoms with E-state index in [9.17, 15) is 0 Å². The Morgan fingerprint density at radius 3 is 1.39 bits per heavy atom. The Morgan fingerprint density at radius 2 is 0.866 bits per heavy atom. The smallest absolute Gasteiger partial charge is 0.260 e. The predicted octanol–water partition coefficient (Wildman–Crippen LogP) is 18.0. The maximum atomic E-state index is 6.61. The van der Waals surface area contributed by atoms with E-state index in [0.29, 0.717) is 40.5 Å². The van der Waals surface area contributed by atoms with Crippen molar-refractivity contribution < 1.29 is 28.4 Å². The molecular weight excluding hydrogens is 1120 g/mol. The van der Waals surface area contributed by atoms with Crippen LogP contribution < -0.4 is 44.8 Å². The maximum Gasteiger partial charge on any atom is 0.260 e. The first-order valence-electron chi connectivity index (χ1n) is 26.8. The van der Waals surface area contributed by atoms with Gasteiger partial charge in [-0.2, -0.15) is 0 Å². The molecule has 0 amide bonds. The third-order valence-electron chi connectivity index (χ3n) is 14.1. The second kappa shape index (κ2) is 21.6. The Labute approximate surface area is 492 Å². The van der Waals surface area contributed by atoms with Crippen LogP contribution in [0.25, 0.3) is 41.6 Å². The lowest BCUT2D eigenvalue weighted by atomic mass is 9.34. The molecule has 12 aromatic rings. The summed E-state index contributed by atoms with van der Waals surface area (Å²) < 4.78 is 40.9. The van der Waals surface area contributed by atoms with Crippen LogP contribution in [0.3, 0.4) is 0 Å². The first kappa shape index (κ1) is 52.6. The van der Waals surface area contributed by atoms with Crippen molar-refractivity contribution in [3.63, 3.8) is 0 Å². The van der Waals surface area contributed by atoms with Crippen LogP contribution >= 0.6 is 38.6 Å². The third-order valence-corrected chi connectivity index (χ3v) is 17.1. The molecule has 4 aromatic heterocycles. The van der Waals surface area contributed by atoms with E-state index in [0.717, 1.165) is 92.9 Å². The number of hydrogen-bond donors (Lipinski definition) is 0. The van der Waals surface area contributed by atoms with Crippen molar-refractivity contribution in [1.82, 2.24) is 19.9 Å². The van der Waals surface area contributed by atoms with E-state index in [4.69, 9.17) is 38.4 Å². The highest BCUT2D eigenvalue weighted by atomic mass is 79.9. The van der Waals surface area contributed by atoms with Gasteiger partial charge in [0.25, 0.3) is 6.71 Å². The van der Waals surface area contributed by atoms with E-state index in [1.807, 2.05) is 127 Å². The molecule has 82 heavy (non-hydrogen) atoms. The van der Waals surface area contributed by atoms with Crippen molar-refractivity contribution in [3.05, 3.63) is 222 Å². The van der Waals surface area contributed by atoms with Crippen molar-refractivity contribution in [1.29, 1.82) is 0 Å². The summed E-state index contributed by atoms with van der Waals surface area (Å²) in [5, 5.41) is 1.98. The van der Waals surface area contributed by atoms with Gasteiger partial charge in [0.1, 0.15) is 72.0 Å². The highest BCUT2D eigenvalue weighted by Gasteiger charge is 2.41. The second-order valence-corrected chi connectivity index (χ2v) is 24.8. The molecule has 14 rings (SSSR count). The standard InChI is InChI=1S/C34H25BN2O3S.C34H27BrN2O3S/c1-34(2,3)21-17-28-32-29(18-21)40-27-14-12-22(38-31-10-6-7-15-36-31)19-24(27)35(32)23-16-20(11-13-26(23)39-28)33-37-25-8-4-5-9-30(25)41-33;1-34(2,3)23-20-28(38-24-13-11-22(12-14-24)33-37-27-8-4-5-9-30(27)41-33)32(35)29(21-23)39-25-15-17-26(18-16-25)40-31-10-6-7-19-36-31/h4-19H,1-3H3;4-21H,1-3H3. The molecule has 0 radical (unpaired) electrons. The molecule has 0 fully saturated rings. The molecular formula is C68H52BBrN4O6S2. The molecule has 0 saturated carbocycles. The summed E-state index contributed by atoms with van der Waals surface area (Å²) in [4.78, 5) is 18.2. The molecule has 0 aliphatic carbocycles. The SMILES string of the molecule is CC(C)(C)c1cc(Oc2ccc(Oc3ccccn3)cc2)c(Br)c(Oc2ccc(-c3nc4ccccc4s3)cc2)c1.CC(C)(C)c1cc2c3c(c1)Oc1ccc(-c4nc5ccccc5s4)cc1B3c1cc(Oc3ccccn3)ccc1O2. The lowest BCUT2D eigenvalue weighted by Gasteiger charge is -2.35. The first-order valence-corrected chi connectivity index (χ1v) is 29.3. The molecule has 6 heterocycles. The lowest BCUT2D eigenvalue weighted by Crippen LogP contribution is -2.57. The van der Waals surface area contributed by atoms with E-state index >= 15 is 0 Å². The van der Waals surface area contributed by atoms with Gasteiger partial charge in [0, 0.05) is 41.1 Å². The zero-order chi connectivity index (χ0) is 56.1. The van der Waals surface area contributed by atoms with E-state index in [-0.39, 0.29) is 17.5 Å². The molecule has 402 valence electrons. The fourth-order valence-electron chi connectivity index (χ4n) is 9.81. The largest absolute Gasteiger partial charge is 0.458 e. The van der Waals surface area contributed by atoms with Crippen molar-refractivity contribution >= 4 is 82.1 Å². The van der Waals surface area contributed by atoms with Crippen LogP contribution in [0.2, 0.25) is 0 Å². The van der Waals surface area contributed by atoms with Gasteiger partial charge < -0.3 is 28.4 Å². The van der Waals surface area contributed by atoms with Crippen LogP contribution in [0.5, 0.6) is 69.3 Å². The number of pyridine rings is 2. The normalized spacial score (nSPS) is 12.3. The van der Waals surface area contributed by atoms with Gasteiger partial charge >= 0.3 is 0 Å². The summed E-state index contributed by atoms with van der Waals surface area (Å²) in [5.74, 6) is 8.53. The van der Waals surface area contributed by atoms with Crippen LogP contribution in [0.15, 0.2) is 211 Å². The summed E-state index contributed by atoms with van der Waals surface area (Å²) in [6.45, 7) is 13.0. The van der Waals surface area contributed by atoms with Crippen molar-refractivity contribution in [2.75, 3.05) is 0 Å². The fourth-order valence-corrected chi connectivity index (χ4v) is 12.1. The minimum Gasteiger partial charge on any atom is -0.458 e. The number of hydrogen-bond acceptors (Lipinski definition) is 12. The minimum atomic E-state index is -0.117. The summed E-state index contributed by atoms with van der Waals surface area (Å²) >= 11 is 7.12. The predicted molar refractivity (Wildman–Crippen MR) is 335 cm³/mol. The summed E-state index contributed by atoms with van der Waals surface area (Å²) in [7, 11) is 0. The van der Waals surface area contributed by atoms with Gasteiger partial charge in [-0.25, -0.2) is 19.9 Å². The molecule has 2 aliphatic rings. The number of halogens is 1. The van der Waals surface area contributed by atoms with Crippen LogP contribution in [-0.4, -0.2) is 26.6 Å². The van der Waals surface area contributed by atoms with Crippen molar-refractivity contribution in [2.24, 2.45) is 0 Å². The number of nitrogens with zero attached hydrogens (tertiary/aromatic N) is 4. The van der Waals surface area contributed by atoms with Gasteiger partial charge in [0.2, 0.25) is 11.8 Å². The lowest BCUT2D eigenvalue weighted by molar-refractivity contribution is 0.444. The molecule has 10 nitrogen and oxygen atoms in total. The summed E-state index contributed by atoms with van der Waals surface area (Å²) in [6.07, 6.45) is 3.42. The molecule has 0 spiro atoms. The molecule has 0 saturated heterocycles. The van der Waals surface area contributed by atoms with Gasteiger partial charge in [-0.15, -0.1) is 22.7 Å². The quantitative estimate of drug-likeness (QED) is 0.123. The van der Waals surface area contributed by atoms with Gasteiger partial charge in [-0.3, -0.25) is 0 Å². The summed E-state index contributed by atoms with van der Waals surface area (Å²) in [5.41, 5.74) is 9.37. The molecule has 2 aliphatic heterocycles. The topological polar surface area (TPSA) is 107 Å². The van der Waals surface area contributed by atoms with Crippen LogP contribution in [0, 0.1) is 0 Å². The Kier molecular flexibility index (Phi) is 13.8. The average Bonchev–Trinajstić information content (AvgIpc) is 2.96. The van der Waals surface area contributed by atoms with Crippen LogP contribution in [-0.2, 0) is 10.8 Å². The maximum absolute atomic E-state index is 6.61. The average molecular weight is 1180 g/mol. The zero-order valence-corrected chi connectivity index (χ0v) is 48.9. The number of rotatable bonds is 10. The molecule has 8 aromatic carbocycles.